The van der Waals surface area contributed by atoms with Gasteiger partial charge in [0.05, 0.1) is 31.6 Å². The highest BCUT2D eigenvalue weighted by Gasteiger charge is 2.42. The van der Waals surface area contributed by atoms with Gasteiger partial charge in [0.15, 0.2) is 0 Å². The quantitative estimate of drug-likeness (QED) is 0.152. The number of carbonyl (C=O) groups excluding carboxylic acids is 5. The van der Waals surface area contributed by atoms with Gasteiger partial charge in [-0.2, -0.15) is 0 Å². The predicted molar refractivity (Wildman–Crippen MR) is 166 cm³/mol. The number of hydrogen-bond acceptors (Lipinski definition) is 9. The van der Waals surface area contributed by atoms with Crippen LogP contribution in [0.25, 0.3) is 0 Å². The van der Waals surface area contributed by atoms with E-state index in [-0.39, 0.29) is 52.0 Å². The molecule has 0 amide bonds. The van der Waals surface area contributed by atoms with Crippen molar-refractivity contribution >= 4 is 29.8 Å². The topological polar surface area (TPSA) is 122 Å². The Bertz CT molecular complexity index is 1140. The average Bonchev–Trinajstić information content (AvgIpc) is 3.55. The van der Waals surface area contributed by atoms with Crippen LogP contribution in [0, 0.1) is 28.1 Å². The molecule has 0 radical (unpaired) electrons. The van der Waals surface area contributed by atoms with E-state index < -0.39 is 0 Å². The summed E-state index contributed by atoms with van der Waals surface area (Å²) in [7, 11) is 0. The smallest absolute Gasteiger partial charge is 0.314 e. The first-order chi connectivity index (χ1) is 21.2. The lowest BCUT2D eigenvalue weighted by molar-refractivity contribution is -0.170. The summed E-state index contributed by atoms with van der Waals surface area (Å²) in [6.07, 6.45) is 17.3. The summed E-state index contributed by atoms with van der Waals surface area (Å²) in [6.45, 7) is 15.1. The lowest BCUT2D eigenvalue weighted by Crippen LogP contribution is -2.37. The summed E-state index contributed by atoms with van der Waals surface area (Å²) in [5.41, 5.74) is 0.267. The Balaban J connectivity index is 0.000000137. The highest BCUT2D eigenvalue weighted by atomic mass is 16.6. The van der Waals surface area contributed by atoms with Gasteiger partial charge < -0.3 is 18.9 Å². The van der Waals surface area contributed by atoms with Crippen molar-refractivity contribution in [1.82, 2.24) is 0 Å². The van der Waals surface area contributed by atoms with E-state index in [9.17, 15) is 24.0 Å². The van der Waals surface area contributed by atoms with E-state index in [0.717, 1.165) is 57.8 Å². The molecule has 7 fully saturated rings. The number of allylic oxidation sites excluding steroid dienone is 3. The number of esters is 5. The Morgan fingerprint density at radius 3 is 1.49 bits per heavy atom. The third-order valence-electron chi connectivity index (χ3n) is 10.2. The Morgan fingerprint density at radius 2 is 0.978 bits per heavy atom. The lowest BCUT2D eigenvalue weighted by Gasteiger charge is -2.37. The maximum Gasteiger partial charge on any atom is 0.314 e. The van der Waals surface area contributed by atoms with E-state index in [1.807, 2.05) is 13.8 Å². The monoisotopic (exact) mass is 626 g/mol. The van der Waals surface area contributed by atoms with Crippen molar-refractivity contribution in [1.29, 1.82) is 0 Å². The number of carbonyl (C=O) groups is 5. The fraction of sp³-hybridized carbons (Fsp3) is 0.694. The molecule has 9 heteroatoms. The fourth-order valence-corrected chi connectivity index (χ4v) is 8.03. The van der Waals surface area contributed by atoms with Gasteiger partial charge in [-0.1, -0.05) is 65.7 Å². The molecule has 7 rings (SSSR count). The molecule has 3 saturated carbocycles. The number of fused-ring (bicyclic) bond motifs is 2. The van der Waals surface area contributed by atoms with E-state index in [4.69, 9.17) is 14.2 Å². The molecular weight excluding hydrogens is 576 g/mol. The number of ether oxygens (including phenoxy) is 4. The van der Waals surface area contributed by atoms with Crippen LogP contribution < -0.4 is 0 Å². The molecule has 2 unspecified atom stereocenters. The maximum atomic E-state index is 11.2. The molecule has 45 heavy (non-hydrogen) atoms. The number of rotatable bonds is 0. The van der Waals surface area contributed by atoms with Gasteiger partial charge in [0.25, 0.3) is 0 Å². The van der Waals surface area contributed by atoms with Crippen LogP contribution in [0.1, 0.15) is 129 Å². The standard InChI is InChI=1S/C10H14O3.C10H14O2.C8H10O2.C8H12O2/c11-8-6-10(7-9(12)13-8)4-2-1-3-5-10;1-8-6-10(4-2-3-5-10)7-9(11)12-8;1-5-6-2-3-7(4-6)8(9)10-5;1-6-4-8(2,3)5-7(9)10-6/h1-7H2;1-7H2;6-7H,1-4H2;1,4-5H2,2-3H3. The number of cyclic esters (lactones) is 5. The summed E-state index contributed by atoms with van der Waals surface area (Å²) < 4.78 is 19.2. The zero-order valence-electron chi connectivity index (χ0n) is 27.2. The third kappa shape index (κ3) is 9.88. The first kappa shape index (κ1) is 34.6. The molecule has 0 N–H and O–H groups in total. The molecule has 248 valence electrons. The van der Waals surface area contributed by atoms with Crippen LogP contribution in [0.5, 0.6) is 0 Å². The molecule has 2 bridgehead atoms. The Morgan fingerprint density at radius 1 is 0.533 bits per heavy atom. The second-order valence-electron chi connectivity index (χ2n) is 15.0. The molecule has 0 aromatic rings. The van der Waals surface area contributed by atoms with Crippen LogP contribution in [0.15, 0.2) is 37.0 Å². The third-order valence-corrected chi connectivity index (χ3v) is 10.2. The molecule has 4 saturated heterocycles. The maximum absolute atomic E-state index is 11.2. The van der Waals surface area contributed by atoms with Gasteiger partial charge in [0.1, 0.15) is 17.3 Å². The van der Waals surface area contributed by atoms with Crippen molar-refractivity contribution in [3.8, 4) is 0 Å². The molecule has 4 aliphatic heterocycles. The van der Waals surface area contributed by atoms with Gasteiger partial charge in [-0.3, -0.25) is 24.0 Å². The normalized spacial score (nSPS) is 29.1. The second kappa shape index (κ2) is 14.5. The van der Waals surface area contributed by atoms with Gasteiger partial charge >= 0.3 is 29.8 Å². The fourth-order valence-electron chi connectivity index (χ4n) is 8.03. The minimum atomic E-state index is -0.321. The van der Waals surface area contributed by atoms with E-state index in [1.54, 1.807) is 0 Å². The molecular formula is C36H50O9. The van der Waals surface area contributed by atoms with Crippen molar-refractivity contribution in [2.45, 2.75) is 129 Å². The van der Waals surface area contributed by atoms with Crippen LogP contribution in [-0.2, 0) is 42.9 Å². The van der Waals surface area contributed by atoms with Crippen molar-refractivity contribution in [2.24, 2.45) is 28.1 Å². The Kier molecular flexibility index (Phi) is 11.1. The summed E-state index contributed by atoms with van der Waals surface area (Å²) in [6, 6.07) is 0. The molecule has 0 aromatic heterocycles. The minimum absolute atomic E-state index is 0.0231. The van der Waals surface area contributed by atoms with Crippen molar-refractivity contribution in [2.75, 3.05) is 0 Å². The Labute approximate surface area is 267 Å². The zero-order chi connectivity index (χ0) is 32.8. The number of hydrogen-bond donors (Lipinski definition) is 0. The molecule has 2 spiro atoms. The highest BCUT2D eigenvalue weighted by molar-refractivity contribution is 5.89. The van der Waals surface area contributed by atoms with Gasteiger partial charge in [-0.25, -0.2) is 0 Å². The molecule has 2 atom stereocenters. The van der Waals surface area contributed by atoms with Crippen LogP contribution in [0.3, 0.4) is 0 Å². The molecule has 4 heterocycles. The summed E-state index contributed by atoms with van der Waals surface area (Å²) >= 11 is 0. The average molecular weight is 627 g/mol. The lowest BCUT2D eigenvalue weighted by atomic mass is 9.69. The van der Waals surface area contributed by atoms with Crippen LogP contribution >= 0.6 is 0 Å². The molecule has 3 aliphatic carbocycles. The van der Waals surface area contributed by atoms with Gasteiger partial charge in [0, 0.05) is 18.8 Å². The highest BCUT2D eigenvalue weighted by Crippen LogP contribution is 2.48. The predicted octanol–water partition coefficient (Wildman–Crippen LogP) is 7.53. The summed E-state index contributed by atoms with van der Waals surface area (Å²) in [5.74, 6) is 1.70. The first-order valence-electron chi connectivity index (χ1n) is 16.6. The van der Waals surface area contributed by atoms with E-state index in [1.165, 1.54) is 32.1 Å². The van der Waals surface area contributed by atoms with E-state index in [0.29, 0.717) is 48.9 Å². The molecule has 7 aliphatic rings. The molecule has 9 nitrogen and oxygen atoms in total. The van der Waals surface area contributed by atoms with Gasteiger partial charge in [-0.05, 0) is 61.2 Å². The van der Waals surface area contributed by atoms with Crippen LogP contribution in [0.4, 0.5) is 0 Å². The Hall–Kier alpha value is -3.23. The summed E-state index contributed by atoms with van der Waals surface area (Å²) in [5, 5.41) is 0. The minimum Gasteiger partial charge on any atom is -0.432 e. The first-order valence-corrected chi connectivity index (χ1v) is 16.6. The van der Waals surface area contributed by atoms with Gasteiger partial charge in [-0.15, -0.1) is 0 Å². The summed E-state index contributed by atoms with van der Waals surface area (Å²) in [4.78, 5) is 55.1. The van der Waals surface area contributed by atoms with Crippen LogP contribution in [-0.4, -0.2) is 29.8 Å². The van der Waals surface area contributed by atoms with Gasteiger partial charge in [0.2, 0.25) is 0 Å². The van der Waals surface area contributed by atoms with Crippen LogP contribution in [0.2, 0.25) is 0 Å². The van der Waals surface area contributed by atoms with E-state index in [2.05, 4.69) is 24.5 Å². The second-order valence-corrected chi connectivity index (χ2v) is 15.0. The SMILES string of the molecule is C=C1CC(C)(C)CC(=O)O1.C=C1CC2(CCCC2)CC(=O)O1.C=C1OC(=O)C2CCC1C2.O=C1CC2(CCCCC2)CC(=O)O1. The van der Waals surface area contributed by atoms with Crippen molar-refractivity contribution in [3.05, 3.63) is 37.0 Å². The molecule has 0 aromatic carbocycles. The van der Waals surface area contributed by atoms with Crippen molar-refractivity contribution < 1.29 is 42.9 Å². The largest absolute Gasteiger partial charge is 0.432 e. The zero-order valence-corrected chi connectivity index (χ0v) is 27.2. The van der Waals surface area contributed by atoms with E-state index >= 15 is 0 Å². The van der Waals surface area contributed by atoms with Crippen molar-refractivity contribution in [3.63, 3.8) is 0 Å².